The second kappa shape index (κ2) is 14.9. The van der Waals surface area contributed by atoms with E-state index in [9.17, 15) is 18.3 Å². The summed E-state index contributed by atoms with van der Waals surface area (Å²) in [5.41, 5.74) is 2.41. The number of sulfonamides is 1. The lowest BCUT2D eigenvalue weighted by atomic mass is 9.62. The van der Waals surface area contributed by atoms with E-state index in [0.717, 1.165) is 69.5 Å². The summed E-state index contributed by atoms with van der Waals surface area (Å²) in [4.78, 5) is 18.2. The Morgan fingerprint density at radius 2 is 1.83 bits per heavy atom. The number of hydrogen-bond acceptors (Lipinski definition) is 8. The van der Waals surface area contributed by atoms with Crippen molar-refractivity contribution >= 4 is 33.2 Å². The number of nitrogens with zero attached hydrogens (tertiary/aromatic N) is 2. The summed E-state index contributed by atoms with van der Waals surface area (Å²) in [6, 6.07) is 11.2. The molecule has 264 valence electrons. The highest BCUT2D eigenvalue weighted by Gasteiger charge is 2.48. The first-order valence-electron chi connectivity index (χ1n) is 17.8. The van der Waals surface area contributed by atoms with Gasteiger partial charge in [-0.3, -0.25) is 9.69 Å². The Labute approximate surface area is 291 Å². The maximum atomic E-state index is 13.5. The summed E-state index contributed by atoms with van der Waals surface area (Å²) >= 11 is 6.37. The number of carbonyl (C=O) groups excluding carboxylic acids is 1. The molecule has 6 rings (SSSR count). The molecule has 1 saturated carbocycles. The van der Waals surface area contributed by atoms with Gasteiger partial charge in [0.05, 0.1) is 29.2 Å². The molecule has 11 heteroatoms. The Hall–Kier alpha value is -2.37. The number of rotatable bonds is 2. The van der Waals surface area contributed by atoms with E-state index >= 15 is 0 Å². The Balaban J connectivity index is 1.37. The summed E-state index contributed by atoms with van der Waals surface area (Å²) in [7, 11) is -3.94. The van der Waals surface area contributed by atoms with Crippen LogP contribution in [0.2, 0.25) is 5.02 Å². The number of nitrogens with one attached hydrogen (secondary N) is 1. The molecule has 3 aliphatic heterocycles. The van der Waals surface area contributed by atoms with Crippen molar-refractivity contribution in [2.45, 2.75) is 95.7 Å². The van der Waals surface area contributed by atoms with Gasteiger partial charge in [-0.25, -0.2) is 13.1 Å². The van der Waals surface area contributed by atoms with Gasteiger partial charge in [0.25, 0.3) is 5.91 Å². The van der Waals surface area contributed by atoms with Crippen molar-refractivity contribution in [3.05, 3.63) is 58.1 Å². The van der Waals surface area contributed by atoms with Crippen LogP contribution < -0.4 is 14.4 Å². The average Bonchev–Trinajstić information content (AvgIpc) is 3.05. The molecule has 1 saturated heterocycles. The fraction of sp³-hybridized carbons (Fsp3) is 0.649. The first-order chi connectivity index (χ1) is 22.9. The van der Waals surface area contributed by atoms with E-state index in [1.165, 1.54) is 5.56 Å². The zero-order valence-electron chi connectivity index (χ0n) is 28.6. The van der Waals surface area contributed by atoms with Crippen molar-refractivity contribution in [2.75, 3.05) is 44.2 Å². The topological polar surface area (TPSA) is 108 Å². The molecule has 9 nitrogen and oxygen atoms in total. The van der Waals surface area contributed by atoms with Gasteiger partial charge in [0.15, 0.2) is 0 Å². The van der Waals surface area contributed by atoms with Gasteiger partial charge >= 0.3 is 0 Å². The normalized spacial score (nSPS) is 32.0. The van der Waals surface area contributed by atoms with Gasteiger partial charge in [-0.15, -0.1) is 0 Å². The average molecular weight is 702 g/mol. The number of amides is 1. The van der Waals surface area contributed by atoms with E-state index in [0.29, 0.717) is 49.8 Å². The minimum Gasteiger partial charge on any atom is -0.487 e. The largest absolute Gasteiger partial charge is 0.487 e. The lowest BCUT2D eigenvalue weighted by molar-refractivity contribution is -0.121. The van der Waals surface area contributed by atoms with Crippen LogP contribution in [0.1, 0.15) is 87.2 Å². The Kier molecular flexibility index (Phi) is 11.0. The number of halogens is 1. The number of aryl methyl sites for hydroxylation is 1. The molecule has 2 fully saturated rings. The fourth-order valence-electron chi connectivity index (χ4n) is 8.21. The van der Waals surface area contributed by atoms with Gasteiger partial charge in [-0.1, -0.05) is 31.0 Å². The number of hydrogen-bond donors (Lipinski definition) is 2. The predicted octanol–water partition coefficient (Wildman–Crippen LogP) is 5.81. The van der Waals surface area contributed by atoms with Crippen LogP contribution in [0.5, 0.6) is 5.75 Å². The van der Waals surface area contributed by atoms with Gasteiger partial charge in [0.1, 0.15) is 12.4 Å². The lowest BCUT2D eigenvalue weighted by Crippen LogP contribution is -2.58. The van der Waals surface area contributed by atoms with Crippen LogP contribution in [0.4, 0.5) is 5.69 Å². The van der Waals surface area contributed by atoms with Crippen LogP contribution in [0.15, 0.2) is 36.4 Å². The molecule has 1 amide bonds. The molecule has 6 atom stereocenters. The van der Waals surface area contributed by atoms with Gasteiger partial charge in [-0.2, -0.15) is 0 Å². The van der Waals surface area contributed by atoms with Crippen LogP contribution >= 0.6 is 11.6 Å². The maximum absolute atomic E-state index is 13.5. The summed E-state index contributed by atoms with van der Waals surface area (Å²) in [5, 5.41) is 12.5. The molecule has 2 bridgehead atoms. The van der Waals surface area contributed by atoms with E-state index in [4.69, 9.17) is 21.1 Å². The summed E-state index contributed by atoms with van der Waals surface area (Å²) in [6.07, 6.45) is 6.82. The summed E-state index contributed by atoms with van der Waals surface area (Å²) < 4.78 is 41.6. The minimum atomic E-state index is -3.94. The summed E-state index contributed by atoms with van der Waals surface area (Å²) in [5.74, 6) is 0.203. The molecule has 2 aromatic carbocycles. The van der Waals surface area contributed by atoms with Crippen LogP contribution in [-0.2, 0) is 27.8 Å². The van der Waals surface area contributed by atoms with Crippen molar-refractivity contribution in [1.82, 2.24) is 9.62 Å². The molecule has 0 spiro atoms. The van der Waals surface area contributed by atoms with Crippen molar-refractivity contribution in [2.24, 2.45) is 17.8 Å². The van der Waals surface area contributed by atoms with E-state index in [-0.39, 0.29) is 29.4 Å². The number of morpholine rings is 1. The lowest BCUT2D eigenvalue weighted by Gasteiger charge is -2.51. The Morgan fingerprint density at radius 3 is 2.60 bits per heavy atom. The highest BCUT2D eigenvalue weighted by Crippen LogP contribution is 2.46. The SMILES string of the molecule is C[C@@H]1[C@@H](C)CCCC(O)(CN2CCO[C@@H](C)C2)[C@@H]2CC[C@H]2CN2CCCCc3cc(Cl)ccc3COc3ccc(cc32)C(=O)NS1(=O)=O. The van der Waals surface area contributed by atoms with E-state index in [1.54, 1.807) is 25.1 Å². The standard InChI is InChI=1S/C37H52ClN3O6S/c1-25-7-6-15-37(43,24-40-17-18-46-26(2)21-40)33-13-10-30(33)22-41-16-5-4-8-28-19-32(38)12-9-31(28)23-47-35-14-11-29(20-34(35)41)36(42)39-48(44,45)27(25)3/h9,11-12,14,19-20,25-27,30,33,43H,4-8,10,13,15-18,21-24H2,1-3H3,(H,39,42)/t25-,26-,27+,30-,33+,37?/m0/s1. The minimum absolute atomic E-state index is 0.112. The van der Waals surface area contributed by atoms with E-state index < -0.39 is 26.8 Å². The zero-order chi connectivity index (χ0) is 34.1. The van der Waals surface area contributed by atoms with Gasteiger partial charge < -0.3 is 19.5 Å². The predicted molar refractivity (Wildman–Crippen MR) is 189 cm³/mol. The van der Waals surface area contributed by atoms with Gasteiger partial charge in [0.2, 0.25) is 10.0 Å². The molecule has 3 heterocycles. The number of carbonyl (C=O) groups is 1. The highest BCUT2D eigenvalue weighted by molar-refractivity contribution is 7.90. The third-order valence-electron chi connectivity index (χ3n) is 11.4. The van der Waals surface area contributed by atoms with Gasteiger partial charge in [-0.05, 0) is 118 Å². The molecule has 2 aromatic rings. The van der Waals surface area contributed by atoms with Crippen LogP contribution in [0, 0.1) is 17.8 Å². The molecule has 48 heavy (non-hydrogen) atoms. The van der Waals surface area contributed by atoms with Crippen molar-refractivity contribution < 1.29 is 27.8 Å². The summed E-state index contributed by atoms with van der Waals surface area (Å²) in [6.45, 7) is 10.3. The third-order valence-corrected chi connectivity index (χ3v) is 13.6. The van der Waals surface area contributed by atoms with E-state index in [2.05, 4.69) is 21.4 Å². The first-order valence-corrected chi connectivity index (χ1v) is 19.8. The van der Waals surface area contributed by atoms with Crippen LogP contribution in [0.3, 0.4) is 0 Å². The Bertz CT molecular complexity index is 1570. The molecule has 0 radical (unpaired) electrons. The Morgan fingerprint density at radius 1 is 1.00 bits per heavy atom. The van der Waals surface area contributed by atoms with Crippen molar-refractivity contribution in [3.8, 4) is 5.75 Å². The molecular weight excluding hydrogens is 650 g/mol. The maximum Gasteiger partial charge on any atom is 0.264 e. The molecule has 4 aliphatic rings. The number of β-amino-alcohol motifs (C(OH)–C–C–N with tert-alkyl or cyclic N) is 1. The van der Waals surface area contributed by atoms with Crippen molar-refractivity contribution in [1.29, 1.82) is 0 Å². The first kappa shape index (κ1) is 35.5. The van der Waals surface area contributed by atoms with Crippen LogP contribution in [0.25, 0.3) is 0 Å². The molecular formula is C37H52ClN3O6S. The third kappa shape index (κ3) is 7.99. The number of anilines is 1. The number of fused-ring (bicyclic) bond motifs is 3. The second-order valence-electron chi connectivity index (χ2n) is 14.8. The van der Waals surface area contributed by atoms with Crippen molar-refractivity contribution in [3.63, 3.8) is 0 Å². The zero-order valence-corrected chi connectivity index (χ0v) is 30.2. The van der Waals surface area contributed by atoms with Crippen LogP contribution in [-0.4, -0.2) is 80.6 Å². The molecule has 1 aliphatic carbocycles. The van der Waals surface area contributed by atoms with E-state index in [1.807, 2.05) is 25.1 Å². The highest BCUT2D eigenvalue weighted by atomic mass is 35.5. The monoisotopic (exact) mass is 701 g/mol. The molecule has 2 N–H and O–H groups in total. The molecule has 1 unspecified atom stereocenters. The van der Waals surface area contributed by atoms with Gasteiger partial charge in [0, 0.05) is 43.3 Å². The smallest absolute Gasteiger partial charge is 0.264 e. The molecule has 0 aromatic heterocycles. The second-order valence-corrected chi connectivity index (χ2v) is 17.3. The number of ether oxygens (including phenoxy) is 2. The quantitative estimate of drug-likeness (QED) is 0.404. The number of aliphatic hydroxyl groups is 1. The fourth-order valence-corrected chi connectivity index (χ4v) is 9.72. The number of benzene rings is 2.